The van der Waals surface area contributed by atoms with Crippen molar-refractivity contribution in [1.82, 2.24) is 5.32 Å². The molecule has 1 fully saturated rings. The molecule has 0 aliphatic heterocycles. The molecule has 0 spiro atoms. The van der Waals surface area contributed by atoms with Gasteiger partial charge in [0.2, 0.25) is 5.91 Å². The molecule has 0 aromatic rings. The molecule has 1 aliphatic carbocycles. The van der Waals surface area contributed by atoms with Crippen LogP contribution in [0.15, 0.2) is 0 Å². The molecule has 0 bridgehead atoms. The summed E-state index contributed by atoms with van der Waals surface area (Å²) in [5.41, 5.74) is 5.75. The summed E-state index contributed by atoms with van der Waals surface area (Å²) in [4.78, 5) is 11.6. The molecule has 1 amide bonds. The predicted molar refractivity (Wildman–Crippen MR) is 68.7 cm³/mol. The summed E-state index contributed by atoms with van der Waals surface area (Å²) in [6, 6.07) is 0. The molecule has 4 nitrogen and oxygen atoms in total. The lowest BCUT2D eigenvalue weighted by Crippen LogP contribution is -2.30. The molecule has 1 aliphatic rings. The van der Waals surface area contributed by atoms with E-state index in [1.807, 2.05) is 0 Å². The van der Waals surface area contributed by atoms with Crippen molar-refractivity contribution in [3.63, 3.8) is 0 Å². The summed E-state index contributed by atoms with van der Waals surface area (Å²) < 4.78 is 5.09. The summed E-state index contributed by atoms with van der Waals surface area (Å²) in [5.74, 6) is 0.186. The van der Waals surface area contributed by atoms with E-state index in [1.165, 1.54) is 12.8 Å². The number of rotatable bonds is 10. The van der Waals surface area contributed by atoms with E-state index >= 15 is 0 Å². The van der Waals surface area contributed by atoms with Crippen molar-refractivity contribution in [2.24, 2.45) is 11.1 Å². The van der Waals surface area contributed by atoms with E-state index in [4.69, 9.17) is 10.5 Å². The van der Waals surface area contributed by atoms with Gasteiger partial charge in [0.05, 0.1) is 0 Å². The Labute approximate surface area is 104 Å². The van der Waals surface area contributed by atoms with Crippen molar-refractivity contribution in [2.75, 3.05) is 26.8 Å². The van der Waals surface area contributed by atoms with Gasteiger partial charge < -0.3 is 15.8 Å². The first-order valence-corrected chi connectivity index (χ1v) is 6.68. The minimum Gasteiger partial charge on any atom is -0.385 e. The van der Waals surface area contributed by atoms with Gasteiger partial charge in [0.25, 0.3) is 0 Å². The molecule has 1 rings (SSSR count). The Morgan fingerprint density at radius 2 is 2.12 bits per heavy atom. The van der Waals surface area contributed by atoms with E-state index in [-0.39, 0.29) is 5.91 Å². The lowest BCUT2D eigenvalue weighted by Gasteiger charge is -2.15. The number of nitrogens with one attached hydrogen (secondary N) is 1. The maximum atomic E-state index is 11.6. The number of nitrogens with two attached hydrogens (primary N) is 1. The summed E-state index contributed by atoms with van der Waals surface area (Å²) in [5, 5.41) is 3.05. The van der Waals surface area contributed by atoms with E-state index in [0.717, 1.165) is 45.4 Å². The van der Waals surface area contributed by atoms with Crippen molar-refractivity contribution in [3.8, 4) is 0 Å². The molecular formula is C13H26N2O2. The maximum Gasteiger partial charge on any atom is 0.220 e. The Hall–Kier alpha value is -0.610. The lowest BCUT2D eigenvalue weighted by molar-refractivity contribution is -0.121. The van der Waals surface area contributed by atoms with Gasteiger partial charge in [0, 0.05) is 26.7 Å². The first kappa shape index (κ1) is 14.5. The second-order valence-corrected chi connectivity index (χ2v) is 5.12. The number of ether oxygens (including phenoxy) is 1. The van der Waals surface area contributed by atoms with Crippen LogP contribution >= 0.6 is 0 Å². The predicted octanol–water partition coefficient (Wildman–Crippen LogP) is 1.44. The minimum absolute atomic E-state index is 0.186. The van der Waals surface area contributed by atoms with Crippen LogP contribution in [0.2, 0.25) is 0 Å². The van der Waals surface area contributed by atoms with Crippen molar-refractivity contribution in [2.45, 2.75) is 44.9 Å². The Kier molecular flexibility index (Phi) is 6.52. The third-order valence-electron chi connectivity index (χ3n) is 3.56. The van der Waals surface area contributed by atoms with Crippen molar-refractivity contribution >= 4 is 5.91 Å². The molecule has 1 saturated carbocycles. The zero-order valence-corrected chi connectivity index (χ0v) is 11.0. The third kappa shape index (κ3) is 6.03. The van der Waals surface area contributed by atoms with Crippen LogP contribution in [-0.2, 0) is 9.53 Å². The first-order valence-electron chi connectivity index (χ1n) is 6.68. The number of hydrogen-bond donors (Lipinski definition) is 2. The van der Waals surface area contributed by atoms with Gasteiger partial charge in [-0.05, 0) is 44.1 Å². The van der Waals surface area contributed by atoms with Crippen LogP contribution < -0.4 is 11.1 Å². The van der Waals surface area contributed by atoms with Crippen LogP contribution in [0.3, 0.4) is 0 Å². The highest BCUT2D eigenvalue weighted by atomic mass is 16.5. The van der Waals surface area contributed by atoms with Gasteiger partial charge in [-0.2, -0.15) is 0 Å². The van der Waals surface area contributed by atoms with E-state index in [0.29, 0.717) is 11.8 Å². The largest absolute Gasteiger partial charge is 0.385 e. The van der Waals surface area contributed by atoms with Crippen LogP contribution in [0, 0.1) is 5.41 Å². The smallest absolute Gasteiger partial charge is 0.220 e. The highest BCUT2D eigenvalue weighted by molar-refractivity contribution is 5.75. The topological polar surface area (TPSA) is 64.3 Å². The van der Waals surface area contributed by atoms with Crippen LogP contribution in [-0.4, -0.2) is 32.7 Å². The highest BCUT2D eigenvalue weighted by Crippen LogP contribution is 2.48. The van der Waals surface area contributed by atoms with Gasteiger partial charge >= 0.3 is 0 Å². The molecule has 4 heteroatoms. The maximum absolute atomic E-state index is 11.6. The second kappa shape index (κ2) is 7.67. The number of carbonyl (C=O) groups excluding carboxylic acids is 1. The summed E-state index contributed by atoms with van der Waals surface area (Å²) in [7, 11) is 1.73. The van der Waals surface area contributed by atoms with Gasteiger partial charge in [-0.1, -0.05) is 6.42 Å². The molecule has 0 saturated heterocycles. The van der Waals surface area contributed by atoms with Crippen LogP contribution in [0.4, 0.5) is 0 Å². The number of carbonyl (C=O) groups is 1. The molecule has 0 radical (unpaired) electrons. The molecule has 0 unspecified atom stereocenters. The Morgan fingerprint density at radius 3 is 2.71 bits per heavy atom. The Balaban J connectivity index is 2.03. The summed E-state index contributed by atoms with van der Waals surface area (Å²) in [6.07, 6.45) is 7.18. The van der Waals surface area contributed by atoms with Crippen molar-refractivity contribution in [3.05, 3.63) is 0 Å². The molecule has 0 atom stereocenters. The van der Waals surface area contributed by atoms with Gasteiger partial charge in [-0.3, -0.25) is 4.79 Å². The molecule has 100 valence electrons. The average Bonchev–Trinajstić information content (AvgIpc) is 3.10. The van der Waals surface area contributed by atoms with E-state index in [2.05, 4.69) is 5.32 Å². The normalized spacial score (nSPS) is 16.8. The van der Waals surface area contributed by atoms with Crippen LogP contribution in [0.25, 0.3) is 0 Å². The quantitative estimate of drug-likeness (QED) is 0.570. The monoisotopic (exact) mass is 242 g/mol. The highest BCUT2D eigenvalue weighted by Gasteiger charge is 2.41. The fourth-order valence-electron chi connectivity index (χ4n) is 1.99. The third-order valence-corrected chi connectivity index (χ3v) is 3.56. The molecule has 0 heterocycles. The van der Waals surface area contributed by atoms with Gasteiger partial charge in [-0.25, -0.2) is 0 Å². The Bertz CT molecular complexity index is 227. The van der Waals surface area contributed by atoms with Crippen LogP contribution in [0.1, 0.15) is 44.9 Å². The number of hydrogen-bond acceptors (Lipinski definition) is 3. The zero-order chi connectivity index (χ0) is 12.6. The number of unbranched alkanes of at least 4 members (excludes halogenated alkanes) is 2. The fraction of sp³-hybridized carbons (Fsp3) is 0.923. The van der Waals surface area contributed by atoms with Crippen LogP contribution in [0.5, 0.6) is 0 Å². The lowest BCUT2D eigenvalue weighted by atomic mass is 10.0. The van der Waals surface area contributed by atoms with E-state index in [9.17, 15) is 4.79 Å². The zero-order valence-electron chi connectivity index (χ0n) is 11.0. The average molecular weight is 242 g/mol. The van der Waals surface area contributed by atoms with Gasteiger partial charge in [0.15, 0.2) is 0 Å². The SMILES string of the molecule is COCCC1(CNC(=O)CCCCCN)CC1. The van der Waals surface area contributed by atoms with Gasteiger partial charge in [-0.15, -0.1) is 0 Å². The van der Waals surface area contributed by atoms with E-state index in [1.54, 1.807) is 7.11 Å². The molecule has 0 aromatic heterocycles. The molecule has 0 aromatic carbocycles. The number of methoxy groups -OCH3 is 1. The number of amides is 1. The summed E-state index contributed by atoms with van der Waals surface area (Å²) >= 11 is 0. The van der Waals surface area contributed by atoms with Crippen molar-refractivity contribution < 1.29 is 9.53 Å². The van der Waals surface area contributed by atoms with Gasteiger partial charge in [0.1, 0.15) is 0 Å². The minimum atomic E-state index is 0.186. The second-order valence-electron chi connectivity index (χ2n) is 5.12. The standard InChI is InChI=1S/C13H26N2O2/c1-17-10-8-13(6-7-13)11-15-12(16)5-3-2-4-9-14/h2-11,14H2,1H3,(H,15,16). The Morgan fingerprint density at radius 1 is 1.35 bits per heavy atom. The fourth-order valence-corrected chi connectivity index (χ4v) is 1.99. The molecule has 3 N–H and O–H groups in total. The molecule has 17 heavy (non-hydrogen) atoms. The van der Waals surface area contributed by atoms with E-state index < -0.39 is 0 Å². The first-order chi connectivity index (χ1) is 8.22. The molecular weight excluding hydrogens is 216 g/mol. The summed E-state index contributed by atoms with van der Waals surface area (Å²) in [6.45, 7) is 2.35. The van der Waals surface area contributed by atoms with Crippen molar-refractivity contribution in [1.29, 1.82) is 0 Å².